The molecule has 0 N–H and O–H groups in total. The third-order valence-corrected chi connectivity index (χ3v) is 3.63. The minimum atomic E-state index is -1.12. The lowest BCUT2D eigenvalue weighted by molar-refractivity contribution is 0.156. The van der Waals surface area contributed by atoms with Crippen molar-refractivity contribution in [3.8, 4) is 0 Å². The molecule has 0 aromatic rings. The van der Waals surface area contributed by atoms with E-state index in [-0.39, 0.29) is 0 Å². The Morgan fingerprint density at radius 3 is 3.09 bits per heavy atom. The fourth-order valence-electron chi connectivity index (χ4n) is 1.78. The first-order chi connectivity index (χ1) is 5.38. The number of nitrogens with zero attached hydrogens (tertiary/aromatic N) is 1. The van der Waals surface area contributed by atoms with Gasteiger partial charge in [0.15, 0.2) is 0 Å². The summed E-state index contributed by atoms with van der Waals surface area (Å²) in [6.07, 6.45) is 4.73. The zero-order valence-electron chi connectivity index (χ0n) is 6.49. The zero-order chi connectivity index (χ0) is 7.68. The minimum absolute atomic E-state index is 0.540. The molecule has 2 aliphatic rings. The summed E-state index contributed by atoms with van der Waals surface area (Å²) in [4.78, 5) is 0. The standard InChI is InChI=1S/C7H13NO2S/c9-11-8-5-2-1-3-7(8)4-6-10-11/h7H,1-6H2/t7-,11?/m1/s1. The molecule has 4 heteroatoms. The predicted molar refractivity (Wildman–Crippen MR) is 43.1 cm³/mol. The molecule has 11 heavy (non-hydrogen) atoms. The summed E-state index contributed by atoms with van der Waals surface area (Å²) in [5.41, 5.74) is 0. The molecule has 1 unspecified atom stereocenters. The van der Waals surface area contributed by atoms with Crippen molar-refractivity contribution < 1.29 is 8.39 Å². The molecule has 0 spiro atoms. The van der Waals surface area contributed by atoms with Crippen molar-refractivity contribution in [1.82, 2.24) is 4.31 Å². The summed E-state index contributed by atoms with van der Waals surface area (Å²) in [5, 5.41) is 0. The van der Waals surface area contributed by atoms with Gasteiger partial charge in [-0.1, -0.05) is 6.42 Å². The summed E-state index contributed by atoms with van der Waals surface area (Å²) >= 11 is -1.12. The SMILES string of the molecule is O=S1OCC[C@H]2CCCCN21. The molecule has 0 bridgehead atoms. The van der Waals surface area contributed by atoms with Crippen molar-refractivity contribution in [1.29, 1.82) is 0 Å². The monoisotopic (exact) mass is 175 g/mol. The van der Waals surface area contributed by atoms with Gasteiger partial charge in [0.2, 0.25) is 11.3 Å². The van der Waals surface area contributed by atoms with E-state index in [1.54, 1.807) is 0 Å². The van der Waals surface area contributed by atoms with Crippen LogP contribution in [0.2, 0.25) is 0 Å². The van der Waals surface area contributed by atoms with Gasteiger partial charge in [0.05, 0.1) is 6.61 Å². The number of hydrogen-bond acceptors (Lipinski definition) is 2. The van der Waals surface area contributed by atoms with E-state index in [4.69, 9.17) is 4.18 Å². The lowest BCUT2D eigenvalue weighted by Crippen LogP contribution is -2.45. The summed E-state index contributed by atoms with van der Waals surface area (Å²) in [6, 6.07) is 0.540. The number of fused-ring (bicyclic) bond motifs is 1. The van der Waals surface area contributed by atoms with Crippen LogP contribution in [0.1, 0.15) is 25.7 Å². The molecule has 2 aliphatic heterocycles. The average Bonchev–Trinajstić information content (AvgIpc) is 2.06. The van der Waals surface area contributed by atoms with Crippen molar-refractivity contribution in [2.24, 2.45) is 0 Å². The fourth-order valence-corrected chi connectivity index (χ4v) is 2.89. The van der Waals surface area contributed by atoms with Gasteiger partial charge in [-0.05, 0) is 19.3 Å². The number of piperidine rings is 1. The third kappa shape index (κ3) is 1.48. The second-order valence-electron chi connectivity index (χ2n) is 3.12. The Kier molecular flexibility index (Phi) is 2.25. The first kappa shape index (κ1) is 7.71. The van der Waals surface area contributed by atoms with Gasteiger partial charge in [0.1, 0.15) is 0 Å². The van der Waals surface area contributed by atoms with Crippen LogP contribution < -0.4 is 0 Å². The molecular formula is C7H13NO2S. The Balaban J connectivity index is 2.05. The quantitative estimate of drug-likeness (QED) is 0.546. The van der Waals surface area contributed by atoms with Crippen LogP contribution in [-0.4, -0.2) is 27.7 Å². The van der Waals surface area contributed by atoms with Gasteiger partial charge in [-0.15, -0.1) is 0 Å². The van der Waals surface area contributed by atoms with Gasteiger partial charge in [-0.2, -0.15) is 4.31 Å². The second-order valence-corrected chi connectivity index (χ2v) is 4.26. The van der Waals surface area contributed by atoms with Gasteiger partial charge in [0.25, 0.3) is 0 Å². The third-order valence-electron chi connectivity index (χ3n) is 2.40. The summed E-state index contributed by atoms with van der Waals surface area (Å²) < 4.78 is 18.3. The first-order valence-corrected chi connectivity index (χ1v) is 5.23. The van der Waals surface area contributed by atoms with Crippen molar-refractivity contribution >= 4 is 11.3 Å². The maximum Gasteiger partial charge on any atom is 0.237 e. The van der Waals surface area contributed by atoms with E-state index in [2.05, 4.69) is 0 Å². The fraction of sp³-hybridized carbons (Fsp3) is 1.00. The largest absolute Gasteiger partial charge is 0.278 e. The van der Waals surface area contributed by atoms with Crippen molar-refractivity contribution in [3.05, 3.63) is 0 Å². The van der Waals surface area contributed by atoms with Gasteiger partial charge in [-0.3, -0.25) is 4.18 Å². The van der Waals surface area contributed by atoms with Crippen LogP contribution in [0, 0.1) is 0 Å². The highest BCUT2D eigenvalue weighted by atomic mass is 32.2. The highest BCUT2D eigenvalue weighted by Gasteiger charge is 2.30. The van der Waals surface area contributed by atoms with Crippen LogP contribution in [0.15, 0.2) is 0 Å². The van der Waals surface area contributed by atoms with Crippen molar-refractivity contribution in [2.75, 3.05) is 13.2 Å². The predicted octanol–water partition coefficient (Wildman–Crippen LogP) is 0.840. The Labute approximate surface area is 69.5 Å². The number of rotatable bonds is 0. The molecule has 64 valence electrons. The Bertz CT molecular complexity index is 172. The average molecular weight is 175 g/mol. The van der Waals surface area contributed by atoms with E-state index >= 15 is 0 Å². The van der Waals surface area contributed by atoms with Crippen molar-refractivity contribution in [2.45, 2.75) is 31.7 Å². The van der Waals surface area contributed by atoms with Crippen LogP contribution in [0.5, 0.6) is 0 Å². The Morgan fingerprint density at radius 1 is 1.36 bits per heavy atom. The van der Waals surface area contributed by atoms with Crippen LogP contribution in [0.3, 0.4) is 0 Å². The maximum atomic E-state index is 11.2. The molecule has 3 nitrogen and oxygen atoms in total. The topological polar surface area (TPSA) is 29.5 Å². The van der Waals surface area contributed by atoms with Gasteiger partial charge < -0.3 is 0 Å². The summed E-state index contributed by atoms with van der Waals surface area (Å²) in [7, 11) is 0. The van der Waals surface area contributed by atoms with E-state index in [0.717, 1.165) is 13.0 Å². The molecule has 2 atom stereocenters. The molecule has 2 saturated heterocycles. The molecule has 0 aromatic carbocycles. The summed E-state index contributed by atoms with van der Waals surface area (Å²) in [5.74, 6) is 0. The number of hydrogen-bond donors (Lipinski definition) is 0. The van der Waals surface area contributed by atoms with Gasteiger partial charge in [0, 0.05) is 12.6 Å². The van der Waals surface area contributed by atoms with E-state index in [0.29, 0.717) is 12.6 Å². The zero-order valence-corrected chi connectivity index (χ0v) is 7.31. The molecular weight excluding hydrogens is 162 g/mol. The van der Waals surface area contributed by atoms with Gasteiger partial charge in [-0.25, -0.2) is 4.21 Å². The molecule has 0 amide bonds. The molecule has 0 aliphatic carbocycles. The molecule has 0 radical (unpaired) electrons. The Hall–Kier alpha value is 0.0700. The van der Waals surface area contributed by atoms with E-state index in [1.165, 1.54) is 19.3 Å². The van der Waals surface area contributed by atoms with Crippen LogP contribution in [0.4, 0.5) is 0 Å². The lowest BCUT2D eigenvalue weighted by atomic mass is 10.0. The van der Waals surface area contributed by atoms with Crippen LogP contribution in [0.25, 0.3) is 0 Å². The minimum Gasteiger partial charge on any atom is -0.278 e. The highest BCUT2D eigenvalue weighted by molar-refractivity contribution is 7.77. The van der Waals surface area contributed by atoms with Gasteiger partial charge >= 0.3 is 0 Å². The molecule has 2 heterocycles. The first-order valence-electron chi connectivity index (χ1n) is 4.20. The molecule has 0 aromatic heterocycles. The van der Waals surface area contributed by atoms with Crippen LogP contribution in [-0.2, 0) is 15.4 Å². The lowest BCUT2D eigenvalue weighted by Gasteiger charge is -2.36. The van der Waals surface area contributed by atoms with E-state index < -0.39 is 11.3 Å². The smallest absolute Gasteiger partial charge is 0.237 e. The Morgan fingerprint density at radius 2 is 2.27 bits per heavy atom. The second kappa shape index (κ2) is 3.21. The normalized spacial score (nSPS) is 40.0. The highest BCUT2D eigenvalue weighted by Crippen LogP contribution is 2.24. The van der Waals surface area contributed by atoms with E-state index in [1.807, 2.05) is 4.31 Å². The van der Waals surface area contributed by atoms with E-state index in [9.17, 15) is 4.21 Å². The maximum absolute atomic E-state index is 11.2. The molecule has 0 saturated carbocycles. The summed E-state index contributed by atoms with van der Waals surface area (Å²) in [6.45, 7) is 1.63. The van der Waals surface area contributed by atoms with Crippen LogP contribution >= 0.6 is 0 Å². The molecule has 2 fully saturated rings. The molecule has 2 rings (SSSR count). The van der Waals surface area contributed by atoms with Crippen molar-refractivity contribution in [3.63, 3.8) is 0 Å².